The highest BCUT2D eigenvalue weighted by molar-refractivity contribution is 5.96. The first-order chi connectivity index (χ1) is 9.16. The van der Waals surface area contributed by atoms with Crippen LogP contribution in [0, 0.1) is 0 Å². The molecule has 0 aliphatic carbocycles. The number of nitrogens with zero attached hydrogens (tertiary/aromatic N) is 2. The molecule has 2 heterocycles. The Morgan fingerprint density at radius 3 is 2.79 bits per heavy atom. The number of hydrogen-bond acceptors (Lipinski definition) is 4. The lowest BCUT2D eigenvalue weighted by atomic mass is 10.1. The summed E-state index contributed by atoms with van der Waals surface area (Å²) in [5, 5.41) is 11.5. The number of hydrogen-bond donors (Lipinski definition) is 3. The average Bonchev–Trinajstić information content (AvgIpc) is 2.91. The van der Waals surface area contributed by atoms with Gasteiger partial charge in [0.2, 0.25) is 0 Å². The van der Waals surface area contributed by atoms with Gasteiger partial charge in [-0.15, -0.1) is 0 Å². The molecule has 3 N–H and O–H groups in total. The van der Waals surface area contributed by atoms with Crippen LogP contribution >= 0.6 is 0 Å². The van der Waals surface area contributed by atoms with E-state index in [-0.39, 0.29) is 6.42 Å². The average molecular weight is 260 g/mol. The molecule has 19 heavy (non-hydrogen) atoms. The largest absolute Gasteiger partial charge is 0.480 e. The van der Waals surface area contributed by atoms with E-state index in [1.54, 1.807) is 12.1 Å². The van der Waals surface area contributed by atoms with Crippen LogP contribution in [0.4, 0.5) is 0 Å². The van der Waals surface area contributed by atoms with E-state index in [4.69, 9.17) is 5.11 Å². The standard InChI is InChI=1S/C12H12N4O3/c17-11(8-2-1-3-13-5-8)16-10(12(18)19)4-9-6-14-7-15-9/h1-3,5-7,10H,4H2,(H,14,15)(H,16,17)(H,18,19). The zero-order chi connectivity index (χ0) is 13.7. The van der Waals surface area contributed by atoms with Crippen molar-refractivity contribution >= 4 is 11.9 Å². The molecule has 1 unspecified atom stereocenters. The number of carbonyl (C=O) groups is 2. The van der Waals surface area contributed by atoms with E-state index in [1.165, 1.54) is 24.9 Å². The molecule has 0 aliphatic rings. The number of carboxylic acids is 1. The number of amides is 1. The Morgan fingerprint density at radius 2 is 2.21 bits per heavy atom. The summed E-state index contributed by atoms with van der Waals surface area (Å²) in [5.74, 6) is -1.58. The van der Waals surface area contributed by atoms with Gasteiger partial charge >= 0.3 is 5.97 Å². The number of carboxylic acid groups (broad SMARTS) is 1. The summed E-state index contributed by atoms with van der Waals surface area (Å²) in [6.45, 7) is 0. The molecular formula is C12H12N4O3. The number of imidazole rings is 1. The fourth-order valence-electron chi connectivity index (χ4n) is 1.55. The normalized spacial score (nSPS) is 11.8. The van der Waals surface area contributed by atoms with Crippen molar-refractivity contribution in [3.63, 3.8) is 0 Å². The van der Waals surface area contributed by atoms with Crippen LogP contribution in [0.15, 0.2) is 37.1 Å². The molecule has 0 radical (unpaired) electrons. The minimum Gasteiger partial charge on any atom is -0.480 e. The third-order valence-corrected chi connectivity index (χ3v) is 2.51. The lowest BCUT2D eigenvalue weighted by molar-refractivity contribution is -0.139. The summed E-state index contributed by atoms with van der Waals surface area (Å²) in [4.78, 5) is 33.4. The Hall–Kier alpha value is -2.70. The molecule has 0 saturated heterocycles. The number of nitrogens with one attached hydrogen (secondary N) is 2. The third kappa shape index (κ3) is 3.38. The van der Waals surface area contributed by atoms with Crippen molar-refractivity contribution in [2.24, 2.45) is 0 Å². The highest BCUT2D eigenvalue weighted by Crippen LogP contribution is 2.02. The molecule has 1 amide bonds. The predicted molar refractivity (Wildman–Crippen MR) is 65.4 cm³/mol. The quantitative estimate of drug-likeness (QED) is 0.713. The second-order valence-corrected chi connectivity index (χ2v) is 3.89. The van der Waals surface area contributed by atoms with Gasteiger partial charge in [0.05, 0.1) is 11.9 Å². The summed E-state index contributed by atoms with van der Waals surface area (Å²) in [6, 6.07) is 2.16. The monoisotopic (exact) mass is 260 g/mol. The van der Waals surface area contributed by atoms with Gasteiger partial charge in [0.15, 0.2) is 0 Å². The Labute approximate surface area is 108 Å². The van der Waals surface area contributed by atoms with Gasteiger partial charge < -0.3 is 15.4 Å². The van der Waals surface area contributed by atoms with E-state index in [9.17, 15) is 9.59 Å². The van der Waals surface area contributed by atoms with Crippen molar-refractivity contribution in [3.05, 3.63) is 48.3 Å². The van der Waals surface area contributed by atoms with E-state index in [0.717, 1.165) is 0 Å². The van der Waals surface area contributed by atoms with Gasteiger partial charge in [-0.2, -0.15) is 0 Å². The van der Waals surface area contributed by atoms with Crippen molar-refractivity contribution in [3.8, 4) is 0 Å². The molecule has 1 atom stereocenters. The molecule has 98 valence electrons. The fraction of sp³-hybridized carbons (Fsp3) is 0.167. The van der Waals surface area contributed by atoms with E-state index in [1.807, 2.05) is 0 Å². The van der Waals surface area contributed by atoms with E-state index in [0.29, 0.717) is 11.3 Å². The molecule has 0 bridgehead atoms. The van der Waals surface area contributed by atoms with Crippen molar-refractivity contribution in [1.29, 1.82) is 0 Å². The molecule has 7 nitrogen and oxygen atoms in total. The van der Waals surface area contributed by atoms with Crippen LogP contribution in [0.3, 0.4) is 0 Å². The molecular weight excluding hydrogens is 248 g/mol. The van der Waals surface area contributed by atoms with Gasteiger partial charge in [-0.3, -0.25) is 9.78 Å². The van der Waals surface area contributed by atoms with Gasteiger partial charge in [-0.05, 0) is 12.1 Å². The summed E-state index contributed by atoms with van der Waals surface area (Å²) in [7, 11) is 0. The molecule has 0 spiro atoms. The first-order valence-electron chi connectivity index (χ1n) is 5.58. The second-order valence-electron chi connectivity index (χ2n) is 3.89. The van der Waals surface area contributed by atoms with Gasteiger partial charge in [0, 0.05) is 30.7 Å². The number of rotatable bonds is 5. The van der Waals surface area contributed by atoms with Crippen LogP contribution in [0.25, 0.3) is 0 Å². The van der Waals surface area contributed by atoms with Crippen molar-refractivity contribution in [2.45, 2.75) is 12.5 Å². The predicted octanol–water partition coefficient (Wildman–Crippen LogP) is 0.230. The maximum absolute atomic E-state index is 11.8. The van der Waals surface area contributed by atoms with Crippen molar-refractivity contribution < 1.29 is 14.7 Å². The molecule has 0 fully saturated rings. The topological polar surface area (TPSA) is 108 Å². The number of carbonyl (C=O) groups excluding carboxylic acids is 1. The lowest BCUT2D eigenvalue weighted by Crippen LogP contribution is -2.42. The van der Waals surface area contributed by atoms with Crippen molar-refractivity contribution in [2.75, 3.05) is 0 Å². The van der Waals surface area contributed by atoms with Gasteiger partial charge in [-0.25, -0.2) is 9.78 Å². The van der Waals surface area contributed by atoms with Gasteiger partial charge in [-0.1, -0.05) is 0 Å². The van der Waals surface area contributed by atoms with Gasteiger partial charge in [0.25, 0.3) is 5.91 Å². The van der Waals surface area contributed by atoms with Gasteiger partial charge in [0.1, 0.15) is 6.04 Å². The van der Waals surface area contributed by atoms with Crippen LogP contribution < -0.4 is 5.32 Å². The Balaban J connectivity index is 2.05. The second kappa shape index (κ2) is 5.76. The molecule has 2 rings (SSSR count). The number of pyridine rings is 1. The number of aliphatic carboxylic acids is 1. The Kier molecular flexibility index (Phi) is 3.87. The minimum atomic E-state index is -1.10. The lowest BCUT2D eigenvalue weighted by Gasteiger charge is -2.13. The molecule has 0 aromatic carbocycles. The number of aromatic nitrogens is 3. The zero-order valence-electron chi connectivity index (χ0n) is 9.91. The van der Waals surface area contributed by atoms with E-state index < -0.39 is 17.9 Å². The Bertz CT molecular complexity index is 554. The highest BCUT2D eigenvalue weighted by atomic mass is 16.4. The van der Waals surface area contributed by atoms with E-state index in [2.05, 4.69) is 20.3 Å². The summed E-state index contributed by atoms with van der Waals surface area (Å²) in [5.41, 5.74) is 0.956. The molecule has 7 heteroatoms. The number of H-pyrrole nitrogens is 1. The molecule has 0 saturated carbocycles. The first-order valence-corrected chi connectivity index (χ1v) is 5.58. The third-order valence-electron chi connectivity index (χ3n) is 2.51. The number of aromatic amines is 1. The summed E-state index contributed by atoms with van der Waals surface area (Å²) >= 11 is 0. The zero-order valence-corrected chi connectivity index (χ0v) is 9.91. The van der Waals surface area contributed by atoms with E-state index >= 15 is 0 Å². The minimum absolute atomic E-state index is 0.140. The fourth-order valence-corrected chi connectivity index (χ4v) is 1.55. The van der Waals surface area contributed by atoms with Crippen LogP contribution in [0.1, 0.15) is 16.1 Å². The van der Waals surface area contributed by atoms with Crippen LogP contribution in [-0.2, 0) is 11.2 Å². The molecule has 0 aliphatic heterocycles. The van der Waals surface area contributed by atoms with Crippen LogP contribution in [0.2, 0.25) is 0 Å². The first kappa shape index (κ1) is 12.7. The highest BCUT2D eigenvalue weighted by Gasteiger charge is 2.21. The smallest absolute Gasteiger partial charge is 0.326 e. The maximum Gasteiger partial charge on any atom is 0.326 e. The Morgan fingerprint density at radius 1 is 1.37 bits per heavy atom. The maximum atomic E-state index is 11.8. The SMILES string of the molecule is O=C(NC(Cc1cnc[nH]1)C(=O)O)c1cccnc1. The van der Waals surface area contributed by atoms with Crippen LogP contribution in [0.5, 0.6) is 0 Å². The molecule has 2 aromatic heterocycles. The van der Waals surface area contributed by atoms with Crippen molar-refractivity contribution in [1.82, 2.24) is 20.3 Å². The summed E-state index contributed by atoms with van der Waals surface area (Å²) in [6.07, 6.45) is 6.03. The molecule has 2 aromatic rings. The summed E-state index contributed by atoms with van der Waals surface area (Å²) < 4.78 is 0. The van der Waals surface area contributed by atoms with Crippen LogP contribution in [-0.4, -0.2) is 38.0 Å².